The largest absolute Gasteiger partial charge is 0.370 e. The highest BCUT2D eigenvalue weighted by Crippen LogP contribution is 2.20. The number of piperidine rings is 1. The fourth-order valence-electron chi connectivity index (χ4n) is 3.05. The Hall–Kier alpha value is -2.01. The molecule has 1 saturated heterocycles. The molecule has 0 spiro atoms. The molecule has 0 amide bonds. The lowest BCUT2D eigenvalue weighted by atomic mass is 10.00. The van der Waals surface area contributed by atoms with E-state index in [-0.39, 0.29) is 5.82 Å². The molecule has 3 rings (SSSR count). The van der Waals surface area contributed by atoms with E-state index >= 15 is 0 Å². The van der Waals surface area contributed by atoms with Crippen LogP contribution in [0.2, 0.25) is 0 Å². The summed E-state index contributed by atoms with van der Waals surface area (Å²) in [6, 6.07) is 8.40. The summed E-state index contributed by atoms with van der Waals surface area (Å²) in [4.78, 5) is 9.27. The minimum atomic E-state index is -0.244. The van der Waals surface area contributed by atoms with E-state index in [9.17, 15) is 4.39 Å². The molecule has 5 heteroatoms. The van der Waals surface area contributed by atoms with Gasteiger partial charge in [-0.3, -0.25) is 0 Å². The van der Waals surface area contributed by atoms with E-state index in [0.717, 1.165) is 49.6 Å². The summed E-state index contributed by atoms with van der Waals surface area (Å²) in [5, 5.41) is 6.91. The minimum absolute atomic E-state index is 0.244. The Kier molecular flexibility index (Phi) is 5.75. The fraction of sp³-hybridized carbons (Fsp3) is 0.474. The van der Waals surface area contributed by atoms with Gasteiger partial charge in [-0.25, -0.2) is 14.4 Å². The molecule has 0 aliphatic carbocycles. The zero-order valence-electron chi connectivity index (χ0n) is 14.2. The Bertz CT molecular complexity index is 651. The summed E-state index contributed by atoms with van der Waals surface area (Å²) in [5.74, 6) is 1.91. The Labute approximate surface area is 142 Å². The molecule has 2 N–H and O–H groups in total. The fourth-order valence-corrected chi connectivity index (χ4v) is 3.05. The van der Waals surface area contributed by atoms with Crippen molar-refractivity contribution < 1.29 is 4.39 Å². The maximum Gasteiger partial charge on any atom is 0.161 e. The molecule has 1 aliphatic heterocycles. The van der Waals surface area contributed by atoms with Crippen molar-refractivity contribution in [1.29, 1.82) is 0 Å². The zero-order valence-corrected chi connectivity index (χ0v) is 14.2. The van der Waals surface area contributed by atoms with E-state index in [1.54, 1.807) is 12.1 Å². The summed E-state index contributed by atoms with van der Waals surface area (Å²) in [7, 11) is 0. The van der Waals surface area contributed by atoms with Gasteiger partial charge in [-0.1, -0.05) is 13.3 Å². The highest BCUT2D eigenvalue weighted by Gasteiger charge is 2.13. The smallest absolute Gasteiger partial charge is 0.161 e. The van der Waals surface area contributed by atoms with Crippen LogP contribution in [0, 0.1) is 11.7 Å². The second kappa shape index (κ2) is 8.20. The Morgan fingerprint density at radius 2 is 2.08 bits per heavy atom. The van der Waals surface area contributed by atoms with Crippen LogP contribution in [-0.4, -0.2) is 29.6 Å². The maximum atomic E-state index is 13.1. The third-order valence-electron chi connectivity index (χ3n) is 4.36. The van der Waals surface area contributed by atoms with E-state index in [1.807, 2.05) is 6.07 Å². The first-order valence-electron chi connectivity index (χ1n) is 8.83. The van der Waals surface area contributed by atoms with Gasteiger partial charge in [-0.15, -0.1) is 0 Å². The van der Waals surface area contributed by atoms with E-state index in [4.69, 9.17) is 0 Å². The normalized spacial score (nSPS) is 17.7. The van der Waals surface area contributed by atoms with Gasteiger partial charge >= 0.3 is 0 Å². The van der Waals surface area contributed by atoms with Crippen molar-refractivity contribution in [3.05, 3.63) is 41.8 Å². The summed E-state index contributed by atoms with van der Waals surface area (Å²) < 4.78 is 13.1. The summed E-state index contributed by atoms with van der Waals surface area (Å²) in [6.45, 7) is 5.24. The molecular weight excluding hydrogens is 303 g/mol. The third kappa shape index (κ3) is 4.51. The SMILES string of the molecule is CCCc1cc(NCC2CCCNC2)nc(-c2ccc(F)cc2)n1. The van der Waals surface area contributed by atoms with Gasteiger partial charge in [0, 0.05) is 23.9 Å². The Morgan fingerprint density at radius 3 is 2.79 bits per heavy atom. The number of aryl methyl sites for hydroxylation is 1. The van der Waals surface area contributed by atoms with Crippen molar-refractivity contribution >= 4 is 5.82 Å². The molecule has 2 heterocycles. The third-order valence-corrected chi connectivity index (χ3v) is 4.36. The number of benzene rings is 1. The highest BCUT2D eigenvalue weighted by atomic mass is 19.1. The number of aromatic nitrogens is 2. The van der Waals surface area contributed by atoms with Gasteiger partial charge < -0.3 is 10.6 Å². The number of halogens is 1. The van der Waals surface area contributed by atoms with Crippen LogP contribution in [-0.2, 0) is 6.42 Å². The molecule has 4 nitrogen and oxygen atoms in total. The van der Waals surface area contributed by atoms with E-state index in [0.29, 0.717) is 11.7 Å². The van der Waals surface area contributed by atoms with Crippen molar-refractivity contribution in [3.63, 3.8) is 0 Å². The predicted octanol–water partition coefficient (Wildman–Crippen LogP) is 3.65. The first-order valence-corrected chi connectivity index (χ1v) is 8.83. The van der Waals surface area contributed by atoms with Crippen LogP contribution in [0.1, 0.15) is 31.9 Å². The molecule has 1 aromatic carbocycles. The van der Waals surface area contributed by atoms with Crippen LogP contribution < -0.4 is 10.6 Å². The number of hydrogen-bond acceptors (Lipinski definition) is 4. The highest BCUT2D eigenvalue weighted by molar-refractivity contribution is 5.57. The first-order chi connectivity index (χ1) is 11.7. The lowest BCUT2D eigenvalue weighted by Gasteiger charge is -2.23. The van der Waals surface area contributed by atoms with Crippen LogP contribution in [0.5, 0.6) is 0 Å². The van der Waals surface area contributed by atoms with Crippen molar-refractivity contribution in [1.82, 2.24) is 15.3 Å². The quantitative estimate of drug-likeness (QED) is 0.850. The molecular formula is C19H25FN4. The second-order valence-corrected chi connectivity index (χ2v) is 6.42. The van der Waals surface area contributed by atoms with Gasteiger partial charge in [0.2, 0.25) is 0 Å². The molecule has 1 aromatic heterocycles. The average molecular weight is 328 g/mol. The molecule has 24 heavy (non-hydrogen) atoms. The standard InChI is InChI=1S/C19H25FN4/c1-2-4-17-11-18(22-13-14-5-3-10-21-12-14)24-19(23-17)15-6-8-16(20)9-7-15/h6-9,11,14,21H,2-5,10,12-13H2,1H3,(H,22,23,24). The van der Waals surface area contributed by atoms with Crippen LogP contribution >= 0.6 is 0 Å². The van der Waals surface area contributed by atoms with Crippen molar-refractivity contribution in [3.8, 4) is 11.4 Å². The average Bonchev–Trinajstić information content (AvgIpc) is 2.62. The van der Waals surface area contributed by atoms with E-state index in [2.05, 4.69) is 27.5 Å². The van der Waals surface area contributed by atoms with Crippen molar-refractivity contribution in [2.24, 2.45) is 5.92 Å². The van der Waals surface area contributed by atoms with Gasteiger partial charge in [0.05, 0.1) is 0 Å². The number of hydrogen-bond donors (Lipinski definition) is 2. The number of nitrogens with one attached hydrogen (secondary N) is 2. The molecule has 0 radical (unpaired) electrons. The molecule has 128 valence electrons. The van der Waals surface area contributed by atoms with E-state index in [1.165, 1.54) is 25.0 Å². The van der Waals surface area contributed by atoms with Gasteiger partial charge in [-0.05, 0) is 62.5 Å². The predicted molar refractivity (Wildman–Crippen MR) is 95.5 cm³/mol. The maximum absolute atomic E-state index is 13.1. The molecule has 0 saturated carbocycles. The monoisotopic (exact) mass is 328 g/mol. The van der Waals surface area contributed by atoms with Crippen LogP contribution in [0.3, 0.4) is 0 Å². The molecule has 1 unspecified atom stereocenters. The Balaban J connectivity index is 1.78. The van der Waals surface area contributed by atoms with E-state index < -0.39 is 0 Å². The van der Waals surface area contributed by atoms with Crippen molar-refractivity contribution in [2.75, 3.05) is 25.0 Å². The topological polar surface area (TPSA) is 49.8 Å². The summed E-state index contributed by atoms with van der Waals surface area (Å²) >= 11 is 0. The van der Waals surface area contributed by atoms with Gasteiger partial charge in [0.15, 0.2) is 5.82 Å². The van der Waals surface area contributed by atoms with Crippen LogP contribution in [0.15, 0.2) is 30.3 Å². The zero-order chi connectivity index (χ0) is 16.8. The lowest BCUT2D eigenvalue weighted by Crippen LogP contribution is -2.33. The van der Waals surface area contributed by atoms with Gasteiger partial charge in [0.1, 0.15) is 11.6 Å². The molecule has 1 atom stereocenters. The number of anilines is 1. The molecule has 1 fully saturated rings. The van der Waals surface area contributed by atoms with Gasteiger partial charge in [0.25, 0.3) is 0 Å². The number of nitrogens with zero attached hydrogens (tertiary/aromatic N) is 2. The molecule has 0 bridgehead atoms. The van der Waals surface area contributed by atoms with Crippen LogP contribution in [0.25, 0.3) is 11.4 Å². The number of rotatable bonds is 6. The van der Waals surface area contributed by atoms with Gasteiger partial charge in [-0.2, -0.15) is 0 Å². The lowest BCUT2D eigenvalue weighted by molar-refractivity contribution is 0.392. The van der Waals surface area contributed by atoms with Crippen LogP contribution in [0.4, 0.5) is 10.2 Å². The minimum Gasteiger partial charge on any atom is -0.370 e. The first kappa shape index (κ1) is 16.8. The Morgan fingerprint density at radius 1 is 1.25 bits per heavy atom. The second-order valence-electron chi connectivity index (χ2n) is 6.42. The molecule has 1 aliphatic rings. The summed E-state index contributed by atoms with van der Waals surface area (Å²) in [6.07, 6.45) is 4.43. The molecule has 2 aromatic rings. The summed E-state index contributed by atoms with van der Waals surface area (Å²) in [5.41, 5.74) is 1.87. The van der Waals surface area contributed by atoms with Crippen molar-refractivity contribution in [2.45, 2.75) is 32.6 Å².